The first-order valence-corrected chi connectivity index (χ1v) is 8.05. The molecule has 0 spiro atoms. The van der Waals surface area contributed by atoms with Crippen molar-refractivity contribution in [1.82, 2.24) is 4.90 Å². The van der Waals surface area contributed by atoms with Crippen molar-refractivity contribution in [2.24, 2.45) is 0 Å². The predicted molar refractivity (Wildman–Crippen MR) is 86.5 cm³/mol. The molecule has 0 saturated carbocycles. The van der Waals surface area contributed by atoms with Gasteiger partial charge in [0.05, 0.1) is 12.8 Å². The fourth-order valence-corrected chi connectivity index (χ4v) is 3.19. The Morgan fingerprint density at radius 1 is 1.22 bits per heavy atom. The molecule has 1 amide bonds. The summed E-state index contributed by atoms with van der Waals surface area (Å²) in [6.45, 7) is 3.61. The average molecular weight is 318 g/mol. The van der Waals surface area contributed by atoms with E-state index in [0.29, 0.717) is 29.3 Å². The molecule has 0 aliphatic carbocycles. The number of likely N-dealkylation sites (tertiary alicyclic amines) is 1. The summed E-state index contributed by atoms with van der Waals surface area (Å²) in [5, 5.41) is 0. The number of nitrogens with zero attached hydrogens (tertiary/aromatic N) is 2. The maximum Gasteiger partial charge on any atom is 0.265 e. The van der Waals surface area contributed by atoms with Gasteiger partial charge in [-0.05, 0) is 38.1 Å². The highest BCUT2D eigenvalue weighted by molar-refractivity contribution is 5.99. The topological polar surface area (TPSA) is 59.1 Å². The maximum absolute atomic E-state index is 12.3. The first kappa shape index (κ1) is 15.8. The zero-order valence-corrected chi connectivity index (χ0v) is 13.4. The van der Waals surface area contributed by atoms with E-state index in [2.05, 4.69) is 4.90 Å². The van der Waals surface area contributed by atoms with Gasteiger partial charge in [-0.3, -0.25) is 9.59 Å². The van der Waals surface area contributed by atoms with Gasteiger partial charge in [-0.2, -0.15) is 0 Å². The molecule has 0 aromatic heterocycles. The van der Waals surface area contributed by atoms with Crippen molar-refractivity contribution in [2.75, 3.05) is 44.8 Å². The molecule has 6 heteroatoms. The van der Waals surface area contributed by atoms with E-state index in [1.165, 1.54) is 26.4 Å². The Bertz CT molecular complexity index is 597. The zero-order chi connectivity index (χ0) is 16.2. The van der Waals surface area contributed by atoms with Gasteiger partial charge in [0.1, 0.15) is 6.29 Å². The van der Waals surface area contributed by atoms with Crippen molar-refractivity contribution in [2.45, 2.75) is 19.3 Å². The predicted octanol–water partition coefficient (Wildman–Crippen LogP) is 1.72. The van der Waals surface area contributed by atoms with Gasteiger partial charge in [-0.15, -0.1) is 0 Å². The van der Waals surface area contributed by atoms with E-state index in [1.54, 1.807) is 17.0 Å². The van der Waals surface area contributed by atoms with Gasteiger partial charge in [0.15, 0.2) is 18.1 Å². The number of aldehydes is 1. The number of hydrogen-bond donors (Lipinski definition) is 0. The van der Waals surface area contributed by atoms with Crippen LogP contribution < -0.4 is 14.4 Å². The molecule has 2 heterocycles. The lowest BCUT2D eigenvalue weighted by Gasteiger charge is -2.33. The van der Waals surface area contributed by atoms with E-state index in [9.17, 15) is 9.59 Å². The number of carbonyl (C=O) groups excluding carboxylic acids is 2. The standard InChI is InChI=1S/C17H22N2O4/c1-22-15-10-13(11-20)9-14-17(15)23-12-16(21)19(14)8-7-18-5-3-2-4-6-18/h9-11H,2-8,12H2,1H3. The van der Waals surface area contributed by atoms with Crippen LogP contribution in [0.2, 0.25) is 0 Å². The molecular weight excluding hydrogens is 296 g/mol. The maximum atomic E-state index is 12.3. The second-order valence-corrected chi connectivity index (χ2v) is 5.93. The molecule has 0 unspecified atom stereocenters. The summed E-state index contributed by atoms with van der Waals surface area (Å²) in [5.41, 5.74) is 1.10. The Hall–Kier alpha value is -2.08. The van der Waals surface area contributed by atoms with Crippen LogP contribution in [0.1, 0.15) is 29.6 Å². The molecule has 0 bridgehead atoms. The van der Waals surface area contributed by atoms with E-state index in [-0.39, 0.29) is 12.5 Å². The Kier molecular flexibility index (Phi) is 4.81. The minimum absolute atomic E-state index is 0.00377. The molecule has 1 aromatic carbocycles. The Labute approximate surface area is 136 Å². The van der Waals surface area contributed by atoms with E-state index in [0.717, 1.165) is 25.9 Å². The summed E-state index contributed by atoms with van der Waals surface area (Å²) in [7, 11) is 1.53. The number of methoxy groups -OCH3 is 1. The number of anilines is 1. The number of hydrogen-bond acceptors (Lipinski definition) is 5. The first-order chi connectivity index (χ1) is 11.2. The molecule has 124 valence electrons. The van der Waals surface area contributed by atoms with E-state index >= 15 is 0 Å². The molecule has 0 radical (unpaired) electrons. The number of carbonyl (C=O) groups is 2. The minimum Gasteiger partial charge on any atom is -0.493 e. The molecule has 1 aromatic rings. The molecule has 3 rings (SSSR count). The zero-order valence-electron chi connectivity index (χ0n) is 13.4. The normalized spacial score (nSPS) is 18.3. The van der Waals surface area contributed by atoms with Crippen LogP contribution in [0, 0.1) is 0 Å². The molecule has 6 nitrogen and oxygen atoms in total. The number of amides is 1. The third kappa shape index (κ3) is 3.32. The summed E-state index contributed by atoms with van der Waals surface area (Å²) in [6.07, 6.45) is 4.48. The number of piperidine rings is 1. The van der Waals surface area contributed by atoms with Crippen LogP contribution in [-0.4, -0.2) is 57.0 Å². The third-order valence-corrected chi connectivity index (χ3v) is 4.43. The highest BCUT2D eigenvalue weighted by Crippen LogP contribution is 2.41. The number of rotatable bonds is 5. The van der Waals surface area contributed by atoms with Crippen LogP contribution in [0.15, 0.2) is 12.1 Å². The highest BCUT2D eigenvalue weighted by atomic mass is 16.5. The summed E-state index contributed by atoms with van der Waals surface area (Å²) in [6, 6.07) is 3.32. The summed E-state index contributed by atoms with van der Waals surface area (Å²) >= 11 is 0. The quantitative estimate of drug-likeness (QED) is 0.774. The summed E-state index contributed by atoms with van der Waals surface area (Å²) in [5.74, 6) is 0.941. The molecule has 2 aliphatic heterocycles. The fourth-order valence-electron chi connectivity index (χ4n) is 3.19. The van der Waals surface area contributed by atoms with Crippen molar-refractivity contribution in [1.29, 1.82) is 0 Å². The van der Waals surface area contributed by atoms with Crippen molar-refractivity contribution in [3.8, 4) is 11.5 Å². The second-order valence-electron chi connectivity index (χ2n) is 5.93. The van der Waals surface area contributed by atoms with E-state index in [4.69, 9.17) is 9.47 Å². The SMILES string of the molecule is COc1cc(C=O)cc2c1OCC(=O)N2CCN1CCCCC1. The first-order valence-electron chi connectivity index (χ1n) is 8.05. The van der Waals surface area contributed by atoms with Crippen LogP contribution in [-0.2, 0) is 4.79 Å². The summed E-state index contributed by atoms with van der Waals surface area (Å²) < 4.78 is 10.8. The van der Waals surface area contributed by atoms with Gasteiger partial charge in [0.25, 0.3) is 5.91 Å². The molecular formula is C17H22N2O4. The van der Waals surface area contributed by atoms with E-state index < -0.39 is 0 Å². The Morgan fingerprint density at radius 2 is 2.00 bits per heavy atom. The molecule has 0 atom stereocenters. The second kappa shape index (κ2) is 7.00. The van der Waals surface area contributed by atoms with Gasteiger partial charge in [-0.1, -0.05) is 6.42 Å². The molecule has 2 aliphatic rings. The fraction of sp³-hybridized carbons (Fsp3) is 0.529. The highest BCUT2D eigenvalue weighted by Gasteiger charge is 2.29. The van der Waals surface area contributed by atoms with Crippen molar-refractivity contribution < 1.29 is 19.1 Å². The van der Waals surface area contributed by atoms with Crippen molar-refractivity contribution in [3.05, 3.63) is 17.7 Å². The Balaban J connectivity index is 1.83. The van der Waals surface area contributed by atoms with E-state index in [1.807, 2.05) is 0 Å². The minimum atomic E-state index is -0.0837. The van der Waals surface area contributed by atoms with Gasteiger partial charge >= 0.3 is 0 Å². The van der Waals surface area contributed by atoms with Crippen molar-refractivity contribution >= 4 is 17.9 Å². The Morgan fingerprint density at radius 3 is 2.70 bits per heavy atom. The van der Waals surface area contributed by atoms with Gasteiger partial charge in [-0.25, -0.2) is 0 Å². The molecule has 23 heavy (non-hydrogen) atoms. The van der Waals surface area contributed by atoms with Crippen LogP contribution in [0.5, 0.6) is 11.5 Å². The number of fused-ring (bicyclic) bond motifs is 1. The van der Waals surface area contributed by atoms with Crippen molar-refractivity contribution in [3.63, 3.8) is 0 Å². The van der Waals surface area contributed by atoms with Crippen LogP contribution in [0.4, 0.5) is 5.69 Å². The molecule has 1 fully saturated rings. The van der Waals surface area contributed by atoms with Gasteiger partial charge < -0.3 is 19.3 Å². The lowest BCUT2D eigenvalue weighted by atomic mass is 10.1. The largest absolute Gasteiger partial charge is 0.493 e. The third-order valence-electron chi connectivity index (χ3n) is 4.43. The van der Waals surface area contributed by atoms with Crippen LogP contribution in [0.3, 0.4) is 0 Å². The lowest BCUT2D eigenvalue weighted by molar-refractivity contribution is -0.121. The number of ether oxygens (including phenoxy) is 2. The average Bonchev–Trinajstić information content (AvgIpc) is 2.60. The van der Waals surface area contributed by atoms with Crippen LogP contribution >= 0.6 is 0 Å². The lowest BCUT2D eigenvalue weighted by Crippen LogP contribution is -2.44. The summed E-state index contributed by atoms with van der Waals surface area (Å²) in [4.78, 5) is 27.5. The smallest absolute Gasteiger partial charge is 0.265 e. The van der Waals surface area contributed by atoms with Gasteiger partial charge in [0.2, 0.25) is 0 Å². The number of benzene rings is 1. The van der Waals surface area contributed by atoms with Crippen LogP contribution in [0.25, 0.3) is 0 Å². The molecule has 1 saturated heterocycles. The van der Waals surface area contributed by atoms with Gasteiger partial charge in [0, 0.05) is 18.7 Å². The molecule has 0 N–H and O–H groups in total. The monoisotopic (exact) mass is 318 g/mol.